The smallest absolute Gasteiger partial charge is 0.405 e. The molecule has 2 amide bonds. The number of amides is 2. The quantitative estimate of drug-likeness (QED) is 0.171. The summed E-state index contributed by atoms with van der Waals surface area (Å²) in [6.07, 6.45) is -3.31. The second-order valence-electron chi connectivity index (χ2n) is 13.0. The molecular formula is C36H39ClF3N5O6. The minimum absolute atomic E-state index is 0.00822. The Hall–Kier alpha value is -4.21. The molecular weight excluding hydrogens is 691 g/mol. The number of β-amino-alcohol motifs (C(OH)–C–C–N with tert-alkyl or cyclic N) is 1. The van der Waals surface area contributed by atoms with Crippen LogP contribution in [0.3, 0.4) is 0 Å². The van der Waals surface area contributed by atoms with E-state index in [2.05, 4.69) is 10.3 Å². The minimum Gasteiger partial charge on any atom is -0.490 e. The van der Waals surface area contributed by atoms with Crippen LogP contribution in [0.25, 0.3) is 11.0 Å². The van der Waals surface area contributed by atoms with Gasteiger partial charge in [-0.25, -0.2) is 0 Å². The largest absolute Gasteiger partial charge is 0.490 e. The van der Waals surface area contributed by atoms with Gasteiger partial charge in [-0.05, 0) is 42.7 Å². The number of nitrogens with zero attached hydrogens (tertiary/aromatic N) is 3. The highest BCUT2D eigenvalue weighted by molar-refractivity contribution is 6.34. The summed E-state index contributed by atoms with van der Waals surface area (Å²) in [7, 11) is 0. The Bertz CT molecular complexity index is 1810. The molecule has 2 aromatic carbocycles. The number of aliphatic hydroxyl groups is 2. The summed E-state index contributed by atoms with van der Waals surface area (Å²) in [5.74, 6) is -0.870. The second kappa shape index (κ2) is 16.0. The maximum atomic E-state index is 13.9. The number of alkyl halides is 3. The Morgan fingerprint density at radius 2 is 1.92 bits per heavy atom. The maximum absolute atomic E-state index is 13.9. The average Bonchev–Trinajstić information content (AvgIpc) is 3.52. The first-order chi connectivity index (χ1) is 24.4. The SMILES string of the molecule is O=C(N[C@H]1c2ccccc2OC[C@H]1O)[C@H](Cc1cccnc1)C[C@H](O)CN1CCN(Cc2cc3cccc(Cl)c3o2)C[C@H]1C(=O)NCC(F)(F)F. The topological polar surface area (TPSA) is 140 Å². The monoisotopic (exact) mass is 729 g/mol. The van der Waals surface area contributed by atoms with Crippen molar-refractivity contribution in [1.82, 2.24) is 25.4 Å². The summed E-state index contributed by atoms with van der Waals surface area (Å²) in [4.78, 5) is 34.8. The number of nitrogens with one attached hydrogen (secondary N) is 2. The zero-order valence-electron chi connectivity index (χ0n) is 27.6. The average molecular weight is 730 g/mol. The number of carbonyl (C=O) groups excluding carboxylic acids is 2. The van der Waals surface area contributed by atoms with Gasteiger partial charge in [0.1, 0.15) is 36.8 Å². The van der Waals surface area contributed by atoms with E-state index in [4.69, 9.17) is 20.8 Å². The summed E-state index contributed by atoms with van der Waals surface area (Å²) < 4.78 is 50.8. The van der Waals surface area contributed by atoms with Crippen molar-refractivity contribution in [3.8, 4) is 5.75 Å². The number of piperazine rings is 1. The van der Waals surface area contributed by atoms with Crippen LogP contribution >= 0.6 is 11.6 Å². The number of aliphatic hydroxyl groups excluding tert-OH is 2. The van der Waals surface area contributed by atoms with E-state index in [9.17, 15) is 33.0 Å². The van der Waals surface area contributed by atoms with Crippen molar-refractivity contribution in [2.45, 2.75) is 49.9 Å². The van der Waals surface area contributed by atoms with Gasteiger partial charge in [0, 0.05) is 55.4 Å². The number of fused-ring (bicyclic) bond motifs is 2. The molecule has 0 radical (unpaired) electrons. The first-order valence-electron chi connectivity index (χ1n) is 16.7. The fourth-order valence-corrected chi connectivity index (χ4v) is 6.95. The van der Waals surface area contributed by atoms with Crippen molar-refractivity contribution in [2.24, 2.45) is 5.92 Å². The summed E-state index contributed by atoms with van der Waals surface area (Å²) in [6, 6.07) is 16.1. The highest BCUT2D eigenvalue weighted by Crippen LogP contribution is 2.33. The lowest BCUT2D eigenvalue weighted by molar-refractivity contribution is -0.143. The normalized spacial score (nSPS) is 21.0. The van der Waals surface area contributed by atoms with Crippen LogP contribution in [0.1, 0.15) is 29.3 Å². The Morgan fingerprint density at radius 3 is 2.69 bits per heavy atom. The molecule has 4 heterocycles. The molecule has 0 saturated carbocycles. The van der Waals surface area contributed by atoms with Crippen molar-refractivity contribution >= 4 is 34.4 Å². The molecule has 51 heavy (non-hydrogen) atoms. The van der Waals surface area contributed by atoms with Crippen molar-refractivity contribution in [3.63, 3.8) is 0 Å². The zero-order valence-corrected chi connectivity index (χ0v) is 28.3. The second-order valence-corrected chi connectivity index (χ2v) is 13.4. The van der Waals surface area contributed by atoms with Gasteiger partial charge >= 0.3 is 6.18 Å². The highest BCUT2D eigenvalue weighted by atomic mass is 35.5. The molecule has 0 bridgehead atoms. The fraction of sp³-hybridized carbons (Fsp3) is 0.417. The lowest BCUT2D eigenvalue weighted by Gasteiger charge is -2.41. The lowest BCUT2D eigenvalue weighted by Crippen LogP contribution is -2.60. The van der Waals surface area contributed by atoms with Crippen molar-refractivity contribution in [2.75, 3.05) is 39.3 Å². The van der Waals surface area contributed by atoms with Gasteiger partial charge in [0.2, 0.25) is 11.8 Å². The van der Waals surface area contributed by atoms with E-state index in [1.54, 1.807) is 59.8 Å². The molecule has 6 rings (SSSR count). The van der Waals surface area contributed by atoms with Crippen LogP contribution in [-0.2, 0) is 22.6 Å². The molecule has 2 aliphatic heterocycles. The third kappa shape index (κ3) is 9.37. The molecule has 2 aliphatic rings. The van der Waals surface area contributed by atoms with Crippen LogP contribution in [-0.4, -0.2) is 101 Å². The van der Waals surface area contributed by atoms with Crippen molar-refractivity contribution in [3.05, 3.63) is 95.0 Å². The van der Waals surface area contributed by atoms with E-state index >= 15 is 0 Å². The molecule has 4 aromatic rings. The summed E-state index contributed by atoms with van der Waals surface area (Å²) >= 11 is 6.27. The summed E-state index contributed by atoms with van der Waals surface area (Å²) in [5, 5.41) is 28.4. The molecule has 4 N–H and O–H groups in total. The standard InChI is InChI=1S/C36H39ClF3N5O6/c37-28-8-3-6-23-15-26(51-33(23)28)18-44-11-12-45(29(19-44)35(49)42-21-36(38,39)40)17-25(46)14-24(13-22-5-4-10-41-16-22)34(48)43-32-27-7-1-2-9-31(27)50-20-30(32)47/h1-10,15-16,24-25,29-30,32,46-47H,11-14,17-21H2,(H,42,49)(H,43,48)/t24-,25+,29+,30-,32+/m1/s1. The molecule has 11 nitrogen and oxygen atoms in total. The Kier molecular flexibility index (Phi) is 11.5. The molecule has 2 aromatic heterocycles. The molecule has 272 valence electrons. The highest BCUT2D eigenvalue weighted by Gasteiger charge is 2.38. The van der Waals surface area contributed by atoms with Crippen LogP contribution in [0.2, 0.25) is 5.02 Å². The van der Waals surface area contributed by atoms with Crippen LogP contribution in [0.4, 0.5) is 13.2 Å². The van der Waals surface area contributed by atoms with Crippen LogP contribution in [0, 0.1) is 5.92 Å². The van der Waals surface area contributed by atoms with Gasteiger partial charge in [0.05, 0.1) is 23.7 Å². The number of pyridine rings is 1. The molecule has 5 atom stereocenters. The summed E-state index contributed by atoms with van der Waals surface area (Å²) in [6.45, 7) is -0.520. The number of hydrogen-bond acceptors (Lipinski definition) is 9. The number of para-hydroxylation sites is 2. The molecule has 1 fully saturated rings. The predicted octanol–water partition coefficient (Wildman–Crippen LogP) is 3.87. The van der Waals surface area contributed by atoms with Crippen LogP contribution < -0.4 is 15.4 Å². The fourth-order valence-electron chi connectivity index (χ4n) is 6.72. The Morgan fingerprint density at radius 1 is 1.10 bits per heavy atom. The van der Waals surface area contributed by atoms with Crippen LogP contribution in [0.5, 0.6) is 5.75 Å². The van der Waals surface area contributed by atoms with E-state index in [-0.39, 0.29) is 39.1 Å². The molecule has 15 heteroatoms. The number of aromatic nitrogens is 1. The van der Waals surface area contributed by atoms with Gasteiger partial charge < -0.3 is 30.0 Å². The number of halogens is 4. The van der Waals surface area contributed by atoms with Gasteiger partial charge in [-0.2, -0.15) is 13.2 Å². The van der Waals surface area contributed by atoms with Crippen LogP contribution in [0.15, 0.2) is 77.5 Å². The van der Waals surface area contributed by atoms with Gasteiger partial charge in [0.15, 0.2) is 5.58 Å². The van der Waals surface area contributed by atoms with Gasteiger partial charge in [0.25, 0.3) is 0 Å². The number of hydrogen-bond donors (Lipinski definition) is 4. The molecule has 0 aliphatic carbocycles. The third-order valence-corrected chi connectivity index (χ3v) is 9.49. The van der Waals surface area contributed by atoms with Gasteiger partial charge in [-0.15, -0.1) is 0 Å². The van der Waals surface area contributed by atoms with Crippen molar-refractivity contribution < 1.29 is 42.1 Å². The zero-order chi connectivity index (χ0) is 36.1. The molecule has 0 unspecified atom stereocenters. The van der Waals surface area contributed by atoms with E-state index in [0.717, 1.165) is 10.9 Å². The summed E-state index contributed by atoms with van der Waals surface area (Å²) in [5.41, 5.74) is 1.90. The minimum atomic E-state index is -4.60. The van der Waals surface area contributed by atoms with Gasteiger partial charge in [-0.1, -0.05) is 48.0 Å². The van der Waals surface area contributed by atoms with E-state index < -0.39 is 54.7 Å². The molecule has 0 spiro atoms. The number of rotatable bonds is 12. The van der Waals surface area contributed by atoms with Gasteiger partial charge in [-0.3, -0.25) is 24.4 Å². The van der Waals surface area contributed by atoms with E-state index in [1.807, 2.05) is 28.4 Å². The van der Waals surface area contributed by atoms with E-state index in [1.165, 1.54) is 0 Å². The Labute approximate surface area is 297 Å². The lowest BCUT2D eigenvalue weighted by atomic mass is 9.91. The number of ether oxygens (including phenoxy) is 1. The number of carbonyl (C=O) groups is 2. The Balaban J connectivity index is 1.16. The number of benzene rings is 2. The predicted molar refractivity (Wildman–Crippen MR) is 182 cm³/mol. The third-order valence-electron chi connectivity index (χ3n) is 9.19. The maximum Gasteiger partial charge on any atom is 0.405 e. The van der Waals surface area contributed by atoms with Crippen molar-refractivity contribution in [1.29, 1.82) is 0 Å². The number of furan rings is 1. The first-order valence-corrected chi connectivity index (χ1v) is 17.1. The molecule has 1 saturated heterocycles. The first kappa shape index (κ1) is 36.6. The van der Waals surface area contributed by atoms with E-state index in [0.29, 0.717) is 40.8 Å².